The van der Waals surface area contributed by atoms with E-state index < -0.39 is 14.4 Å². The van der Waals surface area contributed by atoms with Crippen LogP contribution in [-0.4, -0.2) is 44.6 Å². The Hall–Kier alpha value is -0.753. The summed E-state index contributed by atoms with van der Waals surface area (Å²) in [5.41, 5.74) is 3.11. The summed E-state index contributed by atoms with van der Waals surface area (Å²) in [5.74, 6) is 0.238. The maximum Gasteiger partial charge on any atom is 0.192 e. The Morgan fingerprint density at radius 1 is 1.19 bits per heavy atom. The Morgan fingerprint density at radius 2 is 1.81 bits per heavy atom. The van der Waals surface area contributed by atoms with Crippen molar-refractivity contribution in [3.63, 3.8) is 0 Å². The first-order valence-corrected chi connectivity index (χ1v) is 14.8. The van der Waals surface area contributed by atoms with Crippen LogP contribution in [0.5, 0.6) is 0 Å². The summed E-state index contributed by atoms with van der Waals surface area (Å²) in [6.45, 7) is 22.4. The number of aliphatic hydroxyl groups is 1. The third-order valence-corrected chi connectivity index (χ3v) is 13.7. The maximum absolute atomic E-state index is 13.6. The predicted octanol–water partition coefficient (Wildman–Crippen LogP) is 5.67. The van der Waals surface area contributed by atoms with Crippen LogP contribution in [0.2, 0.25) is 18.1 Å². The van der Waals surface area contributed by atoms with Gasteiger partial charge >= 0.3 is 0 Å². The highest BCUT2D eigenvalue weighted by Gasteiger charge is 2.54. The number of ketones is 1. The van der Waals surface area contributed by atoms with Crippen LogP contribution < -0.4 is 0 Å². The minimum Gasteiger partial charge on any atom is -0.410 e. The molecule has 3 aliphatic carbocycles. The van der Waals surface area contributed by atoms with Gasteiger partial charge in [-0.3, -0.25) is 4.79 Å². The number of ether oxygens (including phenoxy) is 1. The first-order valence-electron chi connectivity index (χ1n) is 11.9. The zero-order valence-electron chi connectivity index (χ0n) is 21.2. The number of allylic oxidation sites excluding steroid dienone is 1. The molecule has 2 bridgehead atoms. The van der Waals surface area contributed by atoms with E-state index in [1.165, 1.54) is 11.1 Å². The highest BCUT2D eigenvalue weighted by atomic mass is 28.4. The van der Waals surface area contributed by atoms with Gasteiger partial charge < -0.3 is 14.3 Å². The summed E-state index contributed by atoms with van der Waals surface area (Å²) in [6, 6.07) is 0. The average Bonchev–Trinajstić information content (AvgIpc) is 2.64. The zero-order chi connectivity index (χ0) is 23.5. The van der Waals surface area contributed by atoms with Gasteiger partial charge in [-0.2, -0.15) is 0 Å². The Labute approximate surface area is 190 Å². The average molecular weight is 449 g/mol. The molecule has 0 aromatic carbocycles. The fraction of sp³-hybridized carbons (Fsp3) is 0.808. The molecule has 0 aromatic heterocycles. The molecule has 0 spiro atoms. The number of fused-ring (bicyclic) bond motifs is 3. The SMILES string of the molecule is C=C1[C@H]2[C@H](OC)[C@@H]3C[C@H](O[Si](C)(C)C(C)(C)C)C(C)=C(CC(=O)[C@H]2CC[C@@H]1O)C3(C)C. The van der Waals surface area contributed by atoms with Crippen molar-refractivity contribution in [1.82, 2.24) is 0 Å². The molecule has 0 unspecified atom stereocenters. The molecule has 0 saturated heterocycles. The van der Waals surface area contributed by atoms with E-state index in [9.17, 15) is 9.90 Å². The van der Waals surface area contributed by atoms with Crippen molar-refractivity contribution < 1.29 is 19.1 Å². The van der Waals surface area contributed by atoms with Crippen LogP contribution in [0.15, 0.2) is 23.3 Å². The maximum atomic E-state index is 13.6. The molecule has 3 aliphatic rings. The van der Waals surface area contributed by atoms with Crippen molar-refractivity contribution in [1.29, 1.82) is 0 Å². The quantitative estimate of drug-likeness (QED) is 0.446. The van der Waals surface area contributed by atoms with E-state index in [1.807, 2.05) is 0 Å². The minimum absolute atomic E-state index is 0.0118. The number of Topliss-reactive ketones (excluding diaryl/α,β-unsaturated/α-hetero) is 1. The molecular weight excluding hydrogens is 404 g/mol. The van der Waals surface area contributed by atoms with Crippen LogP contribution in [-0.2, 0) is 14.0 Å². The third-order valence-electron chi connectivity index (χ3n) is 9.20. The van der Waals surface area contributed by atoms with E-state index in [2.05, 4.69) is 61.2 Å². The third kappa shape index (κ3) is 4.16. The van der Waals surface area contributed by atoms with Crippen LogP contribution in [0.25, 0.3) is 0 Å². The molecule has 0 amide bonds. The van der Waals surface area contributed by atoms with Crippen LogP contribution in [0, 0.1) is 23.2 Å². The number of methoxy groups -OCH3 is 1. The van der Waals surface area contributed by atoms with Gasteiger partial charge in [-0.1, -0.05) is 46.8 Å². The minimum atomic E-state index is -1.98. The lowest BCUT2D eigenvalue weighted by Crippen LogP contribution is -2.55. The molecule has 31 heavy (non-hydrogen) atoms. The van der Waals surface area contributed by atoms with Crippen molar-refractivity contribution in [2.75, 3.05) is 7.11 Å². The smallest absolute Gasteiger partial charge is 0.192 e. The van der Waals surface area contributed by atoms with Crippen molar-refractivity contribution in [2.24, 2.45) is 23.2 Å². The van der Waals surface area contributed by atoms with Gasteiger partial charge in [-0.05, 0) is 66.8 Å². The molecule has 4 nitrogen and oxygen atoms in total. The molecule has 6 atom stereocenters. The lowest BCUT2D eigenvalue weighted by molar-refractivity contribution is -0.133. The molecule has 1 N–H and O–H groups in total. The first kappa shape index (κ1) is 24.9. The number of rotatable bonds is 3. The largest absolute Gasteiger partial charge is 0.410 e. The van der Waals surface area contributed by atoms with Crippen LogP contribution in [0.4, 0.5) is 0 Å². The van der Waals surface area contributed by atoms with Crippen LogP contribution in [0.1, 0.15) is 67.2 Å². The standard InChI is InChI=1S/C26H44O4Si/c1-15-18-13-21(28)17-11-12-20(27)16(2)23(17)24(29-8)19(26(18,6)7)14-22(15)30-31(9,10)25(3,4)5/h17,19-20,22-24,27H,2,11-14H2,1,3-10H3/t17-,19+,20+,22+,23-,24-/m1/s1. The fourth-order valence-corrected chi connectivity index (χ4v) is 7.40. The number of hydrogen-bond donors (Lipinski definition) is 1. The Morgan fingerprint density at radius 3 is 2.35 bits per heavy atom. The Balaban J connectivity index is 2.11. The summed E-state index contributed by atoms with van der Waals surface area (Å²) in [5, 5.41) is 10.7. The highest BCUT2D eigenvalue weighted by Crippen LogP contribution is 2.55. The summed E-state index contributed by atoms with van der Waals surface area (Å²) in [4.78, 5) is 13.6. The molecule has 0 aliphatic heterocycles. The second-order valence-corrected chi connectivity index (χ2v) is 17.0. The van der Waals surface area contributed by atoms with E-state index in [1.54, 1.807) is 7.11 Å². The van der Waals surface area contributed by atoms with Crippen molar-refractivity contribution in [3.8, 4) is 0 Å². The van der Waals surface area contributed by atoms with Gasteiger partial charge in [0.1, 0.15) is 5.78 Å². The summed E-state index contributed by atoms with van der Waals surface area (Å²) in [6.07, 6.45) is 2.01. The summed E-state index contributed by atoms with van der Waals surface area (Å²) < 4.78 is 13.1. The molecule has 0 aromatic rings. The summed E-state index contributed by atoms with van der Waals surface area (Å²) >= 11 is 0. The van der Waals surface area contributed by atoms with Gasteiger partial charge in [0, 0.05) is 25.4 Å². The first-order chi connectivity index (χ1) is 14.1. The summed E-state index contributed by atoms with van der Waals surface area (Å²) in [7, 11) is -0.226. The lowest BCUT2D eigenvalue weighted by Gasteiger charge is -2.54. The van der Waals surface area contributed by atoms with Gasteiger partial charge in [0.05, 0.1) is 18.3 Å². The second kappa shape index (κ2) is 8.23. The highest BCUT2D eigenvalue weighted by molar-refractivity contribution is 6.74. The van der Waals surface area contributed by atoms with Gasteiger partial charge in [-0.25, -0.2) is 0 Å². The number of hydrogen-bond acceptors (Lipinski definition) is 4. The van der Waals surface area contributed by atoms with Gasteiger partial charge in [0.25, 0.3) is 0 Å². The van der Waals surface area contributed by atoms with Gasteiger partial charge in [0.15, 0.2) is 8.32 Å². The molecule has 0 heterocycles. The van der Waals surface area contributed by atoms with E-state index in [0.29, 0.717) is 19.3 Å². The topological polar surface area (TPSA) is 55.8 Å². The number of carbonyl (C=O) groups is 1. The molecular formula is C26H44O4Si. The lowest BCUT2D eigenvalue weighted by atomic mass is 9.54. The number of aliphatic hydroxyl groups excluding tert-OH is 1. The normalized spacial score (nSPS) is 36.7. The fourth-order valence-electron chi connectivity index (χ4n) is 6.06. The second-order valence-electron chi connectivity index (χ2n) is 12.2. The van der Waals surface area contributed by atoms with E-state index >= 15 is 0 Å². The van der Waals surface area contributed by atoms with Crippen molar-refractivity contribution in [2.45, 2.75) is 104 Å². The molecule has 2 saturated carbocycles. The molecule has 0 radical (unpaired) electrons. The van der Waals surface area contributed by atoms with Crippen molar-refractivity contribution >= 4 is 14.1 Å². The van der Waals surface area contributed by atoms with E-state index in [0.717, 1.165) is 12.0 Å². The van der Waals surface area contributed by atoms with E-state index in [4.69, 9.17) is 9.16 Å². The van der Waals surface area contributed by atoms with E-state index in [-0.39, 0.29) is 46.2 Å². The predicted molar refractivity (Wildman–Crippen MR) is 128 cm³/mol. The zero-order valence-corrected chi connectivity index (χ0v) is 22.2. The van der Waals surface area contributed by atoms with Crippen LogP contribution >= 0.6 is 0 Å². The monoisotopic (exact) mass is 448 g/mol. The van der Waals surface area contributed by atoms with Crippen LogP contribution in [0.3, 0.4) is 0 Å². The Kier molecular flexibility index (Phi) is 6.61. The van der Waals surface area contributed by atoms with Gasteiger partial charge in [0.2, 0.25) is 0 Å². The van der Waals surface area contributed by atoms with Crippen molar-refractivity contribution in [3.05, 3.63) is 23.3 Å². The molecule has 5 heteroatoms. The molecule has 176 valence electrons. The number of carbonyl (C=O) groups excluding carboxylic acids is 1. The molecule has 2 fully saturated rings. The van der Waals surface area contributed by atoms with Gasteiger partial charge in [-0.15, -0.1) is 0 Å². The Bertz CT molecular complexity index is 773. The molecule has 3 rings (SSSR count).